The lowest BCUT2D eigenvalue weighted by atomic mass is 10.0. The highest BCUT2D eigenvalue weighted by Crippen LogP contribution is 2.37. The maximum Gasteiger partial charge on any atom is 0.261 e. The SMILES string of the molecule is C#C[C@@H]1C[C@H](C/C(C)=C/CO[Si](c2ccccc2)(c2ccccc2)C(C)(C)C)OC(C)(C)O1. The first-order valence-corrected chi connectivity index (χ1v) is 13.7. The Kier molecular flexibility index (Phi) is 8.03. The maximum absolute atomic E-state index is 6.97. The van der Waals surface area contributed by atoms with Crippen molar-refractivity contribution in [3.63, 3.8) is 0 Å². The van der Waals surface area contributed by atoms with Crippen LogP contribution in [0.4, 0.5) is 0 Å². The van der Waals surface area contributed by atoms with Crippen LogP contribution in [0.1, 0.15) is 54.4 Å². The summed E-state index contributed by atoms with van der Waals surface area (Å²) in [5.41, 5.74) is 1.24. The molecule has 3 nitrogen and oxygen atoms in total. The van der Waals surface area contributed by atoms with Gasteiger partial charge in [0.25, 0.3) is 8.32 Å². The highest BCUT2D eigenvalue weighted by Gasteiger charge is 2.49. The average Bonchev–Trinajstić information content (AvgIpc) is 2.76. The molecule has 0 saturated carbocycles. The summed E-state index contributed by atoms with van der Waals surface area (Å²) in [4.78, 5) is 0. The molecule has 1 aliphatic heterocycles. The fourth-order valence-electron chi connectivity index (χ4n) is 4.85. The normalized spacial score (nSPS) is 21.4. The number of benzene rings is 2. The number of ether oxygens (including phenoxy) is 2. The predicted octanol–water partition coefficient (Wildman–Crippen LogP) is 5.44. The van der Waals surface area contributed by atoms with Crippen molar-refractivity contribution in [3.05, 3.63) is 72.3 Å². The van der Waals surface area contributed by atoms with Crippen molar-refractivity contribution in [2.75, 3.05) is 6.61 Å². The third kappa shape index (κ3) is 6.05. The van der Waals surface area contributed by atoms with Gasteiger partial charge in [-0.1, -0.05) is 99.0 Å². The van der Waals surface area contributed by atoms with Crippen LogP contribution in [-0.4, -0.2) is 32.9 Å². The van der Waals surface area contributed by atoms with E-state index in [1.54, 1.807) is 0 Å². The van der Waals surface area contributed by atoms with Gasteiger partial charge in [-0.3, -0.25) is 0 Å². The van der Waals surface area contributed by atoms with Gasteiger partial charge in [-0.15, -0.1) is 6.42 Å². The summed E-state index contributed by atoms with van der Waals surface area (Å²) in [6.07, 6.45) is 9.20. The molecule has 2 atom stereocenters. The van der Waals surface area contributed by atoms with Gasteiger partial charge in [0.2, 0.25) is 0 Å². The Morgan fingerprint density at radius 1 is 1.06 bits per heavy atom. The molecule has 33 heavy (non-hydrogen) atoms. The minimum Gasteiger partial charge on any atom is -0.404 e. The summed E-state index contributed by atoms with van der Waals surface area (Å²) in [6, 6.07) is 21.5. The van der Waals surface area contributed by atoms with Gasteiger partial charge in [0.1, 0.15) is 6.10 Å². The molecule has 2 aromatic rings. The molecule has 1 heterocycles. The third-order valence-electron chi connectivity index (χ3n) is 6.24. The maximum atomic E-state index is 6.97. The molecule has 0 spiro atoms. The first kappa shape index (κ1) is 25.5. The Morgan fingerprint density at radius 2 is 1.61 bits per heavy atom. The molecular weight excluding hydrogens is 424 g/mol. The van der Waals surface area contributed by atoms with Gasteiger partial charge < -0.3 is 13.9 Å². The van der Waals surface area contributed by atoms with Crippen LogP contribution < -0.4 is 10.4 Å². The van der Waals surface area contributed by atoms with Gasteiger partial charge in [0, 0.05) is 6.42 Å². The summed E-state index contributed by atoms with van der Waals surface area (Å²) < 4.78 is 18.9. The lowest BCUT2D eigenvalue weighted by molar-refractivity contribution is -0.287. The minimum absolute atomic E-state index is 0.0364. The summed E-state index contributed by atoms with van der Waals surface area (Å²) in [6.45, 7) is 13.5. The molecule has 0 bridgehead atoms. The van der Waals surface area contributed by atoms with Crippen LogP contribution in [0.15, 0.2) is 72.3 Å². The molecule has 1 saturated heterocycles. The Hall–Kier alpha value is -2.16. The van der Waals surface area contributed by atoms with Gasteiger partial charge >= 0.3 is 0 Å². The minimum atomic E-state index is -2.53. The van der Waals surface area contributed by atoms with Gasteiger partial charge in [-0.2, -0.15) is 0 Å². The topological polar surface area (TPSA) is 27.7 Å². The van der Waals surface area contributed by atoms with E-state index in [0.29, 0.717) is 13.0 Å². The average molecular weight is 463 g/mol. The lowest BCUT2D eigenvalue weighted by Crippen LogP contribution is -2.66. The van der Waals surface area contributed by atoms with Crippen molar-refractivity contribution < 1.29 is 13.9 Å². The second kappa shape index (κ2) is 10.4. The van der Waals surface area contributed by atoms with Gasteiger partial charge in [-0.05, 0) is 42.6 Å². The number of terminal acetylenes is 1. The molecule has 1 fully saturated rings. The molecular formula is C29H38O3Si. The van der Waals surface area contributed by atoms with Crippen molar-refractivity contribution in [1.82, 2.24) is 0 Å². The van der Waals surface area contributed by atoms with Gasteiger partial charge in [0.15, 0.2) is 5.79 Å². The summed E-state index contributed by atoms with van der Waals surface area (Å²) >= 11 is 0. The van der Waals surface area contributed by atoms with E-state index in [9.17, 15) is 0 Å². The number of hydrogen-bond donors (Lipinski definition) is 0. The summed E-state index contributed by atoms with van der Waals surface area (Å²) in [5.74, 6) is 2.08. The molecule has 176 valence electrons. The predicted molar refractivity (Wildman–Crippen MR) is 139 cm³/mol. The zero-order valence-electron chi connectivity index (χ0n) is 20.9. The fraction of sp³-hybridized carbons (Fsp3) is 0.448. The molecule has 1 aliphatic rings. The van der Waals surface area contributed by atoms with Crippen molar-refractivity contribution in [1.29, 1.82) is 0 Å². The van der Waals surface area contributed by atoms with E-state index in [1.807, 2.05) is 13.8 Å². The van der Waals surface area contributed by atoms with Crippen molar-refractivity contribution >= 4 is 18.7 Å². The Bertz CT molecular complexity index is 928. The van der Waals surface area contributed by atoms with E-state index < -0.39 is 14.1 Å². The second-order valence-corrected chi connectivity index (χ2v) is 14.7. The van der Waals surface area contributed by atoms with E-state index in [0.717, 1.165) is 6.42 Å². The van der Waals surface area contributed by atoms with Crippen molar-refractivity contribution in [2.45, 2.75) is 77.4 Å². The largest absolute Gasteiger partial charge is 0.404 e. The highest BCUT2D eigenvalue weighted by atomic mass is 28.4. The monoisotopic (exact) mass is 462 g/mol. The molecule has 3 rings (SSSR count). The zero-order chi connectivity index (χ0) is 24.1. The quantitative estimate of drug-likeness (QED) is 0.311. The Morgan fingerprint density at radius 3 is 2.09 bits per heavy atom. The van der Waals surface area contributed by atoms with E-state index in [4.69, 9.17) is 20.3 Å². The van der Waals surface area contributed by atoms with Crippen LogP contribution >= 0.6 is 0 Å². The molecule has 2 aromatic carbocycles. The standard InChI is InChI=1S/C29H38O3Si/c1-8-24-22-25(32-29(6,7)31-24)21-23(2)19-20-30-33(28(3,4)5,26-15-11-9-12-16-26)27-17-13-10-14-18-27/h1,9-19,24-25H,20-22H2,2-7H3/b23-19+/t24-,25+/m1/s1. The molecule has 0 amide bonds. The van der Waals surface area contributed by atoms with Crippen molar-refractivity contribution in [3.8, 4) is 12.3 Å². The van der Waals surface area contributed by atoms with Crippen LogP contribution in [0.2, 0.25) is 5.04 Å². The molecule has 0 radical (unpaired) electrons. The first-order valence-electron chi connectivity index (χ1n) is 11.8. The first-order chi connectivity index (χ1) is 15.6. The Labute approximate surface area is 201 Å². The second-order valence-electron chi connectivity index (χ2n) is 10.4. The molecule has 0 unspecified atom stereocenters. The summed E-state index contributed by atoms with van der Waals surface area (Å²) in [5, 5.41) is 2.55. The zero-order valence-corrected chi connectivity index (χ0v) is 21.9. The van der Waals surface area contributed by atoms with Crippen LogP contribution in [-0.2, 0) is 13.9 Å². The summed E-state index contributed by atoms with van der Waals surface area (Å²) in [7, 11) is -2.53. The highest BCUT2D eigenvalue weighted by molar-refractivity contribution is 6.99. The Balaban J connectivity index is 1.83. The number of rotatable bonds is 7. The van der Waals surface area contributed by atoms with E-state index in [2.05, 4.69) is 100 Å². The molecule has 0 N–H and O–H groups in total. The van der Waals surface area contributed by atoms with E-state index >= 15 is 0 Å². The van der Waals surface area contributed by atoms with Crippen LogP contribution in [0, 0.1) is 12.3 Å². The molecule has 0 aliphatic carbocycles. The van der Waals surface area contributed by atoms with Crippen LogP contribution in [0.25, 0.3) is 0 Å². The van der Waals surface area contributed by atoms with E-state index in [-0.39, 0.29) is 17.2 Å². The molecule has 4 heteroatoms. The van der Waals surface area contributed by atoms with Crippen molar-refractivity contribution in [2.24, 2.45) is 0 Å². The molecule has 0 aromatic heterocycles. The van der Waals surface area contributed by atoms with Crippen LogP contribution in [0.5, 0.6) is 0 Å². The van der Waals surface area contributed by atoms with Gasteiger partial charge in [0.05, 0.1) is 12.7 Å². The number of hydrogen-bond acceptors (Lipinski definition) is 3. The third-order valence-corrected chi connectivity index (χ3v) is 11.2. The lowest BCUT2D eigenvalue weighted by Gasteiger charge is -2.43. The van der Waals surface area contributed by atoms with E-state index in [1.165, 1.54) is 15.9 Å². The van der Waals surface area contributed by atoms with Gasteiger partial charge in [-0.25, -0.2) is 0 Å². The smallest absolute Gasteiger partial charge is 0.261 e. The fourth-order valence-corrected chi connectivity index (χ4v) is 9.34. The van der Waals surface area contributed by atoms with Crippen LogP contribution in [0.3, 0.4) is 0 Å².